The topological polar surface area (TPSA) is 51.4 Å². The molecule has 1 rings (SSSR count). The van der Waals surface area contributed by atoms with Crippen molar-refractivity contribution in [2.24, 2.45) is 5.73 Å². The Morgan fingerprint density at radius 3 is 2.82 bits per heavy atom. The molecule has 0 aliphatic rings. The van der Waals surface area contributed by atoms with Gasteiger partial charge in [0.25, 0.3) is 0 Å². The number of rotatable bonds is 8. The molecule has 0 bridgehead atoms. The number of nitrogens with zero attached hydrogens (tertiary/aromatic N) is 2. The number of methoxy groups -OCH3 is 1. The van der Waals surface area contributed by atoms with Crippen LogP contribution in [0.2, 0.25) is 0 Å². The minimum absolute atomic E-state index is 0.680. The van der Waals surface area contributed by atoms with Gasteiger partial charge in [-0.05, 0) is 39.0 Å². The van der Waals surface area contributed by atoms with E-state index in [4.69, 9.17) is 10.5 Å². The molecular formula is C13H23N3O. The average molecular weight is 237 g/mol. The van der Waals surface area contributed by atoms with Crippen LogP contribution >= 0.6 is 0 Å². The smallest absolute Gasteiger partial charge is 0.213 e. The summed E-state index contributed by atoms with van der Waals surface area (Å²) >= 11 is 0. The molecule has 0 aliphatic carbocycles. The Kier molecular flexibility index (Phi) is 6.58. The summed E-state index contributed by atoms with van der Waals surface area (Å²) in [7, 11) is 3.76. The van der Waals surface area contributed by atoms with Crippen LogP contribution in [0.1, 0.15) is 25.0 Å². The minimum atomic E-state index is 0.680. The van der Waals surface area contributed by atoms with Gasteiger partial charge >= 0.3 is 0 Å². The molecule has 1 aromatic rings. The molecule has 0 aliphatic heterocycles. The quantitative estimate of drug-likeness (QED) is 0.699. The summed E-state index contributed by atoms with van der Waals surface area (Å²) in [5.41, 5.74) is 6.51. The van der Waals surface area contributed by atoms with Gasteiger partial charge in [-0.25, -0.2) is 4.98 Å². The van der Waals surface area contributed by atoms with E-state index in [9.17, 15) is 0 Å². The van der Waals surface area contributed by atoms with Crippen molar-refractivity contribution in [1.29, 1.82) is 0 Å². The number of aromatic nitrogens is 1. The molecule has 0 radical (unpaired) electrons. The highest BCUT2D eigenvalue weighted by Gasteiger charge is 2.02. The zero-order chi connectivity index (χ0) is 12.5. The van der Waals surface area contributed by atoms with E-state index in [1.165, 1.54) is 12.8 Å². The molecule has 0 spiro atoms. The summed E-state index contributed by atoms with van der Waals surface area (Å²) in [6.45, 7) is 2.74. The van der Waals surface area contributed by atoms with Crippen LogP contribution in [0.25, 0.3) is 0 Å². The van der Waals surface area contributed by atoms with Crippen LogP contribution in [0.5, 0.6) is 5.88 Å². The molecule has 96 valence electrons. The normalized spacial score (nSPS) is 10.8. The third-order valence-corrected chi connectivity index (χ3v) is 2.67. The fraction of sp³-hybridized carbons (Fsp3) is 0.615. The molecule has 2 N–H and O–H groups in total. The monoisotopic (exact) mass is 237 g/mol. The number of hydrogen-bond donors (Lipinski definition) is 1. The summed E-state index contributed by atoms with van der Waals surface area (Å²) in [6.07, 6.45) is 3.51. The van der Waals surface area contributed by atoms with Gasteiger partial charge in [0.05, 0.1) is 12.8 Å². The van der Waals surface area contributed by atoms with Crippen LogP contribution in [-0.4, -0.2) is 37.1 Å². The van der Waals surface area contributed by atoms with Crippen LogP contribution in [0.15, 0.2) is 18.2 Å². The van der Waals surface area contributed by atoms with E-state index in [0.29, 0.717) is 5.88 Å². The molecule has 0 saturated carbocycles. The second kappa shape index (κ2) is 8.03. The lowest BCUT2D eigenvalue weighted by atomic mass is 10.2. The van der Waals surface area contributed by atoms with Crippen molar-refractivity contribution >= 4 is 0 Å². The highest BCUT2D eigenvalue weighted by Crippen LogP contribution is 2.08. The molecule has 0 atom stereocenters. The molecule has 17 heavy (non-hydrogen) atoms. The van der Waals surface area contributed by atoms with Crippen molar-refractivity contribution in [3.63, 3.8) is 0 Å². The Labute approximate surface area is 104 Å². The van der Waals surface area contributed by atoms with Crippen molar-refractivity contribution in [3.05, 3.63) is 23.9 Å². The predicted molar refractivity (Wildman–Crippen MR) is 70.0 cm³/mol. The van der Waals surface area contributed by atoms with Crippen molar-refractivity contribution in [2.75, 3.05) is 27.2 Å². The van der Waals surface area contributed by atoms with E-state index >= 15 is 0 Å². The molecule has 4 heteroatoms. The Hall–Kier alpha value is -1.13. The van der Waals surface area contributed by atoms with Crippen LogP contribution < -0.4 is 10.5 Å². The van der Waals surface area contributed by atoms with Crippen LogP contribution in [-0.2, 0) is 6.54 Å². The molecule has 0 fully saturated rings. The molecule has 0 unspecified atom stereocenters. The zero-order valence-electron chi connectivity index (χ0n) is 10.9. The summed E-state index contributed by atoms with van der Waals surface area (Å²) < 4.78 is 5.11. The number of ether oxygens (including phenoxy) is 1. The Morgan fingerprint density at radius 1 is 1.29 bits per heavy atom. The van der Waals surface area contributed by atoms with Crippen molar-refractivity contribution < 1.29 is 4.74 Å². The summed E-state index contributed by atoms with van der Waals surface area (Å²) in [5.74, 6) is 0.680. The Morgan fingerprint density at radius 2 is 2.12 bits per heavy atom. The van der Waals surface area contributed by atoms with Gasteiger partial charge in [0.1, 0.15) is 0 Å². The van der Waals surface area contributed by atoms with Gasteiger partial charge in [0.2, 0.25) is 5.88 Å². The highest BCUT2D eigenvalue weighted by atomic mass is 16.5. The van der Waals surface area contributed by atoms with E-state index in [-0.39, 0.29) is 0 Å². The van der Waals surface area contributed by atoms with Crippen LogP contribution in [0, 0.1) is 0 Å². The highest BCUT2D eigenvalue weighted by molar-refractivity contribution is 5.15. The summed E-state index contributed by atoms with van der Waals surface area (Å²) in [4.78, 5) is 6.67. The first-order valence-corrected chi connectivity index (χ1v) is 6.15. The maximum Gasteiger partial charge on any atom is 0.213 e. The maximum absolute atomic E-state index is 5.46. The van der Waals surface area contributed by atoms with Crippen molar-refractivity contribution in [3.8, 4) is 5.88 Å². The van der Waals surface area contributed by atoms with Gasteiger partial charge in [-0.1, -0.05) is 12.5 Å². The lowest BCUT2D eigenvalue weighted by Crippen LogP contribution is -2.20. The predicted octanol–water partition coefficient (Wildman–Crippen LogP) is 1.65. The zero-order valence-corrected chi connectivity index (χ0v) is 10.9. The fourth-order valence-electron chi connectivity index (χ4n) is 1.72. The molecule has 1 heterocycles. The van der Waals surface area contributed by atoms with E-state index in [2.05, 4.69) is 16.9 Å². The first-order valence-electron chi connectivity index (χ1n) is 6.15. The number of nitrogens with two attached hydrogens (primary N) is 1. The third kappa shape index (κ3) is 5.65. The van der Waals surface area contributed by atoms with Crippen LogP contribution in [0.3, 0.4) is 0 Å². The molecular weight excluding hydrogens is 214 g/mol. The molecule has 0 amide bonds. The van der Waals surface area contributed by atoms with Crippen molar-refractivity contribution in [1.82, 2.24) is 9.88 Å². The van der Waals surface area contributed by atoms with E-state index < -0.39 is 0 Å². The lowest BCUT2D eigenvalue weighted by molar-refractivity contribution is 0.311. The first-order chi connectivity index (χ1) is 8.26. The molecule has 0 aromatic carbocycles. The summed E-state index contributed by atoms with van der Waals surface area (Å²) in [5, 5.41) is 0. The van der Waals surface area contributed by atoms with Gasteiger partial charge < -0.3 is 15.4 Å². The SMILES string of the molecule is COc1cccc(CN(C)CCCCCN)n1. The van der Waals surface area contributed by atoms with Gasteiger partial charge in [0, 0.05) is 12.6 Å². The third-order valence-electron chi connectivity index (χ3n) is 2.67. The van der Waals surface area contributed by atoms with Crippen LogP contribution in [0.4, 0.5) is 0 Å². The minimum Gasteiger partial charge on any atom is -0.481 e. The second-order valence-electron chi connectivity index (χ2n) is 4.26. The van der Waals surface area contributed by atoms with Gasteiger partial charge in [-0.3, -0.25) is 0 Å². The molecule has 0 saturated heterocycles. The number of pyridine rings is 1. The summed E-state index contributed by atoms with van der Waals surface area (Å²) in [6, 6.07) is 5.87. The Balaban J connectivity index is 2.31. The standard InChI is InChI=1S/C13H23N3O/c1-16(10-5-3-4-9-14)11-12-7-6-8-13(15-12)17-2/h6-8H,3-5,9-11,14H2,1-2H3. The Bertz CT molecular complexity index is 317. The second-order valence-corrected chi connectivity index (χ2v) is 4.26. The van der Waals surface area contributed by atoms with Crippen molar-refractivity contribution in [2.45, 2.75) is 25.8 Å². The number of unbranched alkanes of at least 4 members (excludes halogenated alkanes) is 2. The lowest BCUT2D eigenvalue weighted by Gasteiger charge is -2.16. The molecule has 1 aromatic heterocycles. The van der Waals surface area contributed by atoms with Gasteiger partial charge in [-0.2, -0.15) is 0 Å². The fourth-order valence-corrected chi connectivity index (χ4v) is 1.72. The van der Waals surface area contributed by atoms with E-state index in [0.717, 1.165) is 31.7 Å². The first kappa shape index (κ1) is 13.9. The maximum atomic E-state index is 5.46. The number of hydrogen-bond acceptors (Lipinski definition) is 4. The molecule has 4 nitrogen and oxygen atoms in total. The van der Waals surface area contributed by atoms with E-state index in [1.807, 2.05) is 18.2 Å². The largest absolute Gasteiger partial charge is 0.481 e. The van der Waals surface area contributed by atoms with Gasteiger partial charge in [0.15, 0.2) is 0 Å². The van der Waals surface area contributed by atoms with E-state index in [1.54, 1.807) is 7.11 Å². The van der Waals surface area contributed by atoms with Gasteiger partial charge in [-0.15, -0.1) is 0 Å². The average Bonchev–Trinajstić information content (AvgIpc) is 2.35.